The molecule has 302 valence electrons. The van der Waals surface area contributed by atoms with Crippen molar-refractivity contribution in [1.29, 1.82) is 0 Å². The Balaban J connectivity index is 1.21. The zero-order valence-corrected chi connectivity index (χ0v) is 32.7. The fourth-order valence-corrected chi connectivity index (χ4v) is 6.86. The second-order valence-electron chi connectivity index (χ2n) is 14.9. The summed E-state index contributed by atoms with van der Waals surface area (Å²) in [6, 6.07) is 25.9. The molecule has 0 spiro atoms. The van der Waals surface area contributed by atoms with Gasteiger partial charge >= 0.3 is 11.8 Å². The number of methoxy groups -OCH3 is 1. The highest BCUT2D eigenvalue weighted by atomic mass is 16.6. The number of para-hydroxylation sites is 2. The van der Waals surface area contributed by atoms with Crippen molar-refractivity contribution in [3.63, 3.8) is 0 Å². The molecule has 1 saturated heterocycles. The van der Waals surface area contributed by atoms with Crippen LogP contribution in [0.25, 0.3) is 10.8 Å². The van der Waals surface area contributed by atoms with Crippen molar-refractivity contribution >= 4 is 22.6 Å². The fourth-order valence-electron chi connectivity index (χ4n) is 6.86. The first-order valence-corrected chi connectivity index (χ1v) is 19.0. The standard InChI is InChI=1S/C43H50N4O10/c1-43(2,3)57-42(49)46-25-39(55-27-30-22-32-10-5-6-11-35(32)38(23-30)52-4)41(40(26-46)56-28-33(48)24-45-19-18-44-29-45)31-14-16-34(17-15-31)53-20-9-21-54-37-13-8-7-12-36(37)47(50)51/h5-8,10-19,22-23,29,33,39-41,48H,9,20-21,24-28H2,1-4H3/t33-,39+,40-,41-/m1/s1. The SMILES string of the molecule is COc1cc(CO[C@H]2CN(C(=O)OC(C)(C)C)C[C@@H](OC[C@H](O)Cn3ccnc3)[C@@H]2c2ccc(OCCCOc3ccccc3[N+](=O)[O-])cc2)cc2ccccc12. The van der Waals surface area contributed by atoms with Crippen LogP contribution >= 0.6 is 0 Å². The molecule has 1 fully saturated rings. The number of amides is 1. The summed E-state index contributed by atoms with van der Waals surface area (Å²) in [6.45, 7) is 7.01. The number of nitro groups is 1. The van der Waals surface area contributed by atoms with Gasteiger partial charge in [0.1, 0.15) is 17.1 Å². The average molecular weight is 783 g/mol. The second-order valence-corrected chi connectivity index (χ2v) is 14.9. The van der Waals surface area contributed by atoms with E-state index in [1.54, 1.807) is 53.5 Å². The smallest absolute Gasteiger partial charge is 0.410 e. The van der Waals surface area contributed by atoms with Gasteiger partial charge in [0.05, 0.1) is 82.7 Å². The number of hydrogen-bond donors (Lipinski definition) is 1. The van der Waals surface area contributed by atoms with Gasteiger partial charge in [0.15, 0.2) is 5.75 Å². The van der Waals surface area contributed by atoms with Crippen LogP contribution in [0, 0.1) is 10.1 Å². The second kappa shape index (κ2) is 19.0. The summed E-state index contributed by atoms with van der Waals surface area (Å²) in [5.74, 6) is 1.23. The van der Waals surface area contributed by atoms with E-state index in [0.29, 0.717) is 18.8 Å². The molecular formula is C43H50N4O10. The zero-order valence-electron chi connectivity index (χ0n) is 32.7. The Labute approximate surface area is 332 Å². The number of likely N-dealkylation sites (tertiary alicyclic amines) is 1. The number of nitro benzene ring substituents is 1. The van der Waals surface area contributed by atoms with Crippen molar-refractivity contribution in [2.45, 2.75) is 70.2 Å². The molecule has 4 atom stereocenters. The summed E-state index contributed by atoms with van der Waals surface area (Å²) in [7, 11) is 1.64. The summed E-state index contributed by atoms with van der Waals surface area (Å²) in [5.41, 5.74) is 1.01. The van der Waals surface area contributed by atoms with Crippen LogP contribution in [0.1, 0.15) is 44.2 Å². The van der Waals surface area contributed by atoms with Gasteiger partial charge in [0, 0.05) is 36.2 Å². The molecule has 1 aromatic heterocycles. The number of carbonyl (C=O) groups is 1. The molecular weight excluding hydrogens is 732 g/mol. The molecule has 1 amide bonds. The first kappa shape index (κ1) is 40.9. The lowest BCUT2D eigenvalue weighted by Crippen LogP contribution is -2.55. The number of fused-ring (bicyclic) bond motifs is 1. The molecule has 5 aromatic rings. The van der Waals surface area contributed by atoms with Crippen LogP contribution in [0.3, 0.4) is 0 Å². The predicted molar refractivity (Wildman–Crippen MR) is 213 cm³/mol. The van der Waals surface area contributed by atoms with Crippen molar-refractivity contribution in [3.8, 4) is 17.2 Å². The molecule has 0 saturated carbocycles. The number of nitrogens with zero attached hydrogens (tertiary/aromatic N) is 4. The Bertz CT molecular complexity index is 2070. The number of ether oxygens (including phenoxy) is 6. The Kier molecular flexibility index (Phi) is 13.6. The van der Waals surface area contributed by atoms with E-state index in [2.05, 4.69) is 11.1 Å². The van der Waals surface area contributed by atoms with E-state index in [1.807, 2.05) is 75.4 Å². The number of imidazole rings is 1. The molecule has 14 heteroatoms. The number of aromatic nitrogens is 2. The van der Waals surface area contributed by atoms with E-state index in [1.165, 1.54) is 6.07 Å². The maximum Gasteiger partial charge on any atom is 0.410 e. The maximum atomic E-state index is 13.6. The Hall–Kier alpha value is -5.70. The molecule has 0 aliphatic carbocycles. The van der Waals surface area contributed by atoms with E-state index in [9.17, 15) is 20.0 Å². The molecule has 1 aliphatic heterocycles. The molecule has 14 nitrogen and oxygen atoms in total. The summed E-state index contributed by atoms with van der Waals surface area (Å²) in [6.07, 6.45) is 3.12. The summed E-state index contributed by atoms with van der Waals surface area (Å²) >= 11 is 0. The largest absolute Gasteiger partial charge is 0.496 e. The van der Waals surface area contributed by atoms with Crippen molar-refractivity contribution in [3.05, 3.63) is 125 Å². The monoisotopic (exact) mass is 782 g/mol. The van der Waals surface area contributed by atoms with Gasteiger partial charge < -0.3 is 43.0 Å². The number of aliphatic hydroxyl groups excluding tert-OH is 1. The fraction of sp³-hybridized carbons (Fsp3) is 0.395. The van der Waals surface area contributed by atoms with Gasteiger partial charge in [-0.2, -0.15) is 0 Å². The molecule has 6 rings (SSSR count). The van der Waals surface area contributed by atoms with Gasteiger partial charge in [0.25, 0.3) is 0 Å². The van der Waals surface area contributed by atoms with Gasteiger partial charge in [0.2, 0.25) is 0 Å². The molecule has 1 aliphatic rings. The Morgan fingerprint density at radius 1 is 0.947 bits per heavy atom. The van der Waals surface area contributed by atoms with Crippen LogP contribution in [0.4, 0.5) is 10.5 Å². The van der Waals surface area contributed by atoms with E-state index in [0.717, 1.165) is 27.6 Å². The van der Waals surface area contributed by atoms with E-state index in [-0.39, 0.29) is 56.8 Å². The third-order valence-electron chi connectivity index (χ3n) is 9.45. The van der Waals surface area contributed by atoms with Gasteiger partial charge in [-0.05, 0) is 67.6 Å². The minimum absolute atomic E-state index is 0.00546. The highest BCUT2D eigenvalue weighted by Crippen LogP contribution is 2.36. The maximum absolute atomic E-state index is 13.6. The number of hydrogen-bond acceptors (Lipinski definition) is 11. The van der Waals surface area contributed by atoms with Gasteiger partial charge in [-0.25, -0.2) is 9.78 Å². The predicted octanol–water partition coefficient (Wildman–Crippen LogP) is 7.17. The van der Waals surface area contributed by atoms with Crippen LogP contribution in [0.15, 0.2) is 104 Å². The number of benzene rings is 4. The van der Waals surface area contributed by atoms with Gasteiger partial charge in [-0.3, -0.25) is 10.1 Å². The highest BCUT2D eigenvalue weighted by molar-refractivity contribution is 5.89. The van der Waals surface area contributed by atoms with E-state index in [4.69, 9.17) is 28.4 Å². The quantitative estimate of drug-likeness (QED) is 0.0580. The number of rotatable bonds is 17. The first-order chi connectivity index (χ1) is 27.5. The van der Waals surface area contributed by atoms with Crippen molar-refractivity contribution < 1.29 is 43.2 Å². The molecule has 0 radical (unpaired) electrons. The van der Waals surface area contributed by atoms with Crippen molar-refractivity contribution in [2.24, 2.45) is 0 Å². The number of carbonyl (C=O) groups excluding carboxylic acids is 1. The third-order valence-corrected chi connectivity index (χ3v) is 9.45. The lowest BCUT2D eigenvalue weighted by atomic mass is 9.84. The summed E-state index contributed by atoms with van der Waals surface area (Å²) < 4.78 is 38.2. The first-order valence-electron chi connectivity index (χ1n) is 19.0. The van der Waals surface area contributed by atoms with Gasteiger partial charge in [-0.15, -0.1) is 0 Å². The molecule has 0 unspecified atom stereocenters. The Morgan fingerprint density at radius 3 is 2.39 bits per heavy atom. The summed E-state index contributed by atoms with van der Waals surface area (Å²) in [4.78, 5) is 30.1. The minimum Gasteiger partial charge on any atom is -0.496 e. The molecule has 4 aromatic carbocycles. The average Bonchev–Trinajstić information content (AvgIpc) is 3.71. The van der Waals surface area contributed by atoms with Crippen LogP contribution in [-0.2, 0) is 27.4 Å². The molecule has 2 heterocycles. The van der Waals surface area contributed by atoms with Crippen LogP contribution in [-0.4, -0.2) is 94.5 Å². The Morgan fingerprint density at radius 2 is 1.67 bits per heavy atom. The van der Waals surface area contributed by atoms with Crippen LogP contribution < -0.4 is 14.2 Å². The zero-order chi connectivity index (χ0) is 40.4. The van der Waals surface area contributed by atoms with Gasteiger partial charge in [-0.1, -0.05) is 48.5 Å². The number of aliphatic hydroxyl groups is 1. The minimum atomic E-state index is -0.839. The lowest BCUT2D eigenvalue weighted by molar-refractivity contribution is -0.385. The third kappa shape index (κ3) is 11.2. The van der Waals surface area contributed by atoms with E-state index < -0.39 is 34.9 Å². The van der Waals surface area contributed by atoms with Crippen LogP contribution in [0.5, 0.6) is 17.2 Å². The lowest BCUT2D eigenvalue weighted by Gasteiger charge is -2.44. The normalized spacial score (nSPS) is 17.6. The highest BCUT2D eigenvalue weighted by Gasteiger charge is 2.42. The molecule has 0 bridgehead atoms. The number of piperidine rings is 1. The molecule has 57 heavy (non-hydrogen) atoms. The van der Waals surface area contributed by atoms with E-state index >= 15 is 0 Å². The molecule has 1 N–H and O–H groups in total. The van der Waals surface area contributed by atoms with Crippen molar-refractivity contribution in [2.75, 3.05) is 40.0 Å². The topological polar surface area (TPSA) is 157 Å². The van der Waals surface area contributed by atoms with Crippen LogP contribution in [0.2, 0.25) is 0 Å². The van der Waals surface area contributed by atoms with Crippen molar-refractivity contribution in [1.82, 2.24) is 14.5 Å². The summed E-state index contributed by atoms with van der Waals surface area (Å²) in [5, 5.41) is 24.3.